The van der Waals surface area contributed by atoms with Crippen molar-refractivity contribution in [2.24, 2.45) is 10.9 Å². The Bertz CT molecular complexity index is 896. The van der Waals surface area contributed by atoms with E-state index in [0.29, 0.717) is 12.5 Å². The van der Waals surface area contributed by atoms with Crippen LogP contribution in [-0.4, -0.2) is 46.3 Å². The molecule has 160 valence electrons. The molecule has 1 heterocycles. The number of rotatable bonds is 7. The Morgan fingerprint density at radius 3 is 2.67 bits per heavy atom. The average molecular weight is 411 g/mol. The van der Waals surface area contributed by atoms with Crippen molar-refractivity contribution in [3.8, 4) is 5.75 Å². The smallest absolute Gasteiger partial charge is 0.191 e. The Hall–Kier alpha value is -2.76. The molecule has 1 unspecified atom stereocenters. The predicted octanol–water partition coefficient (Wildman–Crippen LogP) is 3.56. The Morgan fingerprint density at radius 2 is 1.93 bits per heavy atom. The van der Waals surface area contributed by atoms with Crippen molar-refractivity contribution >= 4 is 11.6 Å². The lowest BCUT2D eigenvalue weighted by atomic mass is 9.95. The van der Waals surface area contributed by atoms with Gasteiger partial charge in [0.15, 0.2) is 5.96 Å². The van der Waals surface area contributed by atoms with E-state index in [1.165, 1.54) is 0 Å². The summed E-state index contributed by atoms with van der Waals surface area (Å²) >= 11 is 0. The SMILES string of the molecule is CN=C(NCC1CCN(c2ccccc2OC)C1)NCC1(c2ccccc2F)CC1. The second-order valence-corrected chi connectivity index (χ2v) is 8.34. The molecule has 1 saturated carbocycles. The quantitative estimate of drug-likeness (QED) is 0.541. The number of nitrogens with one attached hydrogen (secondary N) is 2. The third-order valence-corrected chi connectivity index (χ3v) is 6.39. The van der Waals surface area contributed by atoms with Gasteiger partial charge in [-0.1, -0.05) is 30.3 Å². The molecule has 5 nitrogen and oxygen atoms in total. The molecule has 0 bridgehead atoms. The summed E-state index contributed by atoms with van der Waals surface area (Å²) in [5, 5.41) is 6.89. The molecule has 2 aromatic carbocycles. The van der Waals surface area contributed by atoms with E-state index < -0.39 is 0 Å². The summed E-state index contributed by atoms with van der Waals surface area (Å²) in [4.78, 5) is 6.76. The van der Waals surface area contributed by atoms with Gasteiger partial charge in [-0.3, -0.25) is 4.99 Å². The van der Waals surface area contributed by atoms with Crippen LogP contribution in [0.5, 0.6) is 5.75 Å². The van der Waals surface area contributed by atoms with E-state index in [4.69, 9.17) is 4.74 Å². The fraction of sp³-hybridized carbons (Fsp3) is 0.458. The first-order chi connectivity index (χ1) is 14.6. The van der Waals surface area contributed by atoms with Crippen LogP contribution in [-0.2, 0) is 5.41 Å². The van der Waals surface area contributed by atoms with Crippen molar-refractivity contribution in [3.63, 3.8) is 0 Å². The van der Waals surface area contributed by atoms with Crippen molar-refractivity contribution < 1.29 is 9.13 Å². The lowest BCUT2D eigenvalue weighted by molar-refractivity contribution is 0.414. The van der Waals surface area contributed by atoms with Crippen molar-refractivity contribution in [3.05, 3.63) is 59.9 Å². The number of nitrogens with zero attached hydrogens (tertiary/aromatic N) is 2. The number of para-hydroxylation sites is 2. The summed E-state index contributed by atoms with van der Waals surface area (Å²) in [5.74, 6) is 2.14. The van der Waals surface area contributed by atoms with Crippen LogP contribution in [0.4, 0.5) is 10.1 Å². The monoisotopic (exact) mass is 410 g/mol. The van der Waals surface area contributed by atoms with Crippen LogP contribution in [0.3, 0.4) is 0 Å². The molecular weight excluding hydrogens is 379 g/mol. The zero-order chi connectivity index (χ0) is 21.0. The van der Waals surface area contributed by atoms with E-state index in [1.807, 2.05) is 24.3 Å². The number of guanidine groups is 1. The molecule has 2 aromatic rings. The van der Waals surface area contributed by atoms with Gasteiger partial charge in [0.25, 0.3) is 0 Å². The van der Waals surface area contributed by atoms with Gasteiger partial charge in [-0.05, 0) is 48.9 Å². The summed E-state index contributed by atoms with van der Waals surface area (Å²) in [6.45, 7) is 3.57. The molecule has 2 fully saturated rings. The fourth-order valence-corrected chi connectivity index (χ4v) is 4.41. The van der Waals surface area contributed by atoms with Gasteiger partial charge in [-0.2, -0.15) is 0 Å². The number of hydrogen-bond acceptors (Lipinski definition) is 3. The molecule has 1 aliphatic carbocycles. The second-order valence-electron chi connectivity index (χ2n) is 8.34. The highest BCUT2D eigenvalue weighted by Gasteiger charge is 2.45. The average Bonchev–Trinajstić information content (AvgIpc) is 3.42. The molecule has 30 heavy (non-hydrogen) atoms. The largest absolute Gasteiger partial charge is 0.495 e. The number of aliphatic imine (C=N–C) groups is 1. The number of methoxy groups -OCH3 is 1. The van der Waals surface area contributed by atoms with Gasteiger partial charge >= 0.3 is 0 Å². The number of hydrogen-bond donors (Lipinski definition) is 2. The Morgan fingerprint density at radius 1 is 1.17 bits per heavy atom. The zero-order valence-electron chi connectivity index (χ0n) is 17.8. The minimum Gasteiger partial charge on any atom is -0.495 e. The van der Waals surface area contributed by atoms with Gasteiger partial charge < -0.3 is 20.3 Å². The molecule has 6 heteroatoms. The van der Waals surface area contributed by atoms with E-state index in [1.54, 1.807) is 26.3 Å². The number of benzene rings is 2. The molecule has 4 rings (SSSR count). The van der Waals surface area contributed by atoms with Crippen molar-refractivity contribution in [2.75, 3.05) is 45.2 Å². The van der Waals surface area contributed by atoms with E-state index >= 15 is 0 Å². The lowest BCUT2D eigenvalue weighted by Crippen LogP contribution is -2.43. The first-order valence-corrected chi connectivity index (χ1v) is 10.7. The Kier molecular flexibility index (Phi) is 6.11. The molecule has 0 radical (unpaired) electrons. The van der Waals surface area contributed by atoms with Gasteiger partial charge in [-0.25, -0.2) is 4.39 Å². The third-order valence-electron chi connectivity index (χ3n) is 6.39. The molecule has 0 aromatic heterocycles. The maximum absolute atomic E-state index is 14.2. The highest BCUT2D eigenvalue weighted by atomic mass is 19.1. The normalized spacial score (nSPS) is 20.2. The molecule has 1 aliphatic heterocycles. The van der Waals surface area contributed by atoms with Gasteiger partial charge in [0, 0.05) is 38.6 Å². The predicted molar refractivity (Wildman–Crippen MR) is 120 cm³/mol. The zero-order valence-corrected chi connectivity index (χ0v) is 17.8. The number of halogens is 1. The standard InChI is InChI=1S/C24H31FN4O/c1-26-23(28-17-24(12-13-24)19-7-3-4-8-20(19)25)27-15-18-11-14-29(16-18)21-9-5-6-10-22(21)30-2/h3-10,18H,11-17H2,1-2H3,(H2,26,27,28). The lowest BCUT2D eigenvalue weighted by Gasteiger charge is -2.22. The maximum atomic E-state index is 14.2. The summed E-state index contributed by atoms with van der Waals surface area (Å²) in [5.41, 5.74) is 1.87. The highest BCUT2D eigenvalue weighted by molar-refractivity contribution is 5.79. The number of ether oxygens (including phenoxy) is 1. The minimum atomic E-state index is -0.109. The summed E-state index contributed by atoms with van der Waals surface area (Å²) < 4.78 is 19.7. The first kappa shape index (κ1) is 20.5. The molecule has 2 N–H and O–H groups in total. The van der Waals surface area contributed by atoms with Crippen molar-refractivity contribution in [1.29, 1.82) is 0 Å². The van der Waals surface area contributed by atoms with Gasteiger partial charge in [0.2, 0.25) is 0 Å². The van der Waals surface area contributed by atoms with Crippen LogP contribution in [0.15, 0.2) is 53.5 Å². The molecule has 1 saturated heterocycles. The number of anilines is 1. The molecule has 0 amide bonds. The van der Waals surface area contributed by atoms with Crippen LogP contribution < -0.4 is 20.3 Å². The first-order valence-electron chi connectivity index (χ1n) is 10.7. The topological polar surface area (TPSA) is 48.9 Å². The molecule has 1 atom stereocenters. The van der Waals surface area contributed by atoms with Crippen molar-refractivity contribution in [2.45, 2.75) is 24.7 Å². The molecular formula is C24H31FN4O. The summed E-state index contributed by atoms with van der Waals surface area (Å²) in [7, 11) is 3.51. The Labute approximate surface area is 178 Å². The highest BCUT2D eigenvalue weighted by Crippen LogP contribution is 2.48. The Balaban J connectivity index is 1.28. The van der Waals surface area contributed by atoms with E-state index in [2.05, 4.69) is 32.7 Å². The third kappa shape index (κ3) is 4.37. The van der Waals surface area contributed by atoms with Crippen LogP contribution >= 0.6 is 0 Å². The minimum absolute atomic E-state index is 0.100. The van der Waals surface area contributed by atoms with Crippen molar-refractivity contribution in [1.82, 2.24) is 10.6 Å². The second kappa shape index (κ2) is 8.94. The maximum Gasteiger partial charge on any atom is 0.191 e. The van der Waals surface area contributed by atoms with Crippen LogP contribution in [0, 0.1) is 11.7 Å². The summed E-state index contributed by atoms with van der Waals surface area (Å²) in [6, 6.07) is 15.3. The fourth-order valence-electron chi connectivity index (χ4n) is 4.41. The van der Waals surface area contributed by atoms with Crippen LogP contribution in [0.1, 0.15) is 24.8 Å². The van der Waals surface area contributed by atoms with E-state index in [9.17, 15) is 4.39 Å². The summed E-state index contributed by atoms with van der Waals surface area (Å²) in [6.07, 6.45) is 3.14. The van der Waals surface area contributed by atoms with Crippen LogP contribution in [0.25, 0.3) is 0 Å². The molecule has 0 spiro atoms. The van der Waals surface area contributed by atoms with Crippen LogP contribution in [0.2, 0.25) is 0 Å². The van der Waals surface area contributed by atoms with Gasteiger partial charge in [-0.15, -0.1) is 0 Å². The molecule has 2 aliphatic rings. The van der Waals surface area contributed by atoms with Gasteiger partial charge in [0.1, 0.15) is 11.6 Å². The van der Waals surface area contributed by atoms with E-state index in [-0.39, 0.29) is 11.2 Å². The van der Waals surface area contributed by atoms with E-state index in [0.717, 1.165) is 61.9 Å². The van der Waals surface area contributed by atoms with Gasteiger partial charge in [0.05, 0.1) is 12.8 Å².